The van der Waals surface area contributed by atoms with Gasteiger partial charge in [0.15, 0.2) is 0 Å². The van der Waals surface area contributed by atoms with Gasteiger partial charge in [0.1, 0.15) is 5.82 Å². The topological polar surface area (TPSA) is 96.5 Å². The van der Waals surface area contributed by atoms with E-state index in [1.54, 1.807) is 36.5 Å². The highest BCUT2D eigenvalue weighted by Crippen LogP contribution is 2.25. The molecule has 0 radical (unpaired) electrons. The molecule has 6 heteroatoms. The number of carbonyl (C=O) groups excluding carboxylic acids is 1. The van der Waals surface area contributed by atoms with Crippen LogP contribution in [-0.4, -0.2) is 35.1 Å². The summed E-state index contributed by atoms with van der Waals surface area (Å²) in [5, 5.41) is 9.09. The third kappa shape index (κ3) is 4.15. The minimum Gasteiger partial charge on any atom is -0.478 e. The molecule has 0 atom stereocenters. The van der Waals surface area contributed by atoms with E-state index in [4.69, 9.17) is 10.8 Å². The number of piperidine rings is 1. The van der Waals surface area contributed by atoms with Crippen LogP contribution in [0.4, 0.5) is 5.82 Å². The molecule has 2 aromatic rings. The number of nitrogens with two attached hydrogens (primary N) is 1. The Balaban J connectivity index is 1.60. The van der Waals surface area contributed by atoms with Crippen LogP contribution in [0.5, 0.6) is 0 Å². The second-order valence-corrected chi connectivity index (χ2v) is 6.41. The number of aromatic nitrogens is 1. The van der Waals surface area contributed by atoms with Gasteiger partial charge in [0.2, 0.25) is 5.91 Å². The Labute approximate surface area is 146 Å². The lowest BCUT2D eigenvalue weighted by atomic mass is 9.89. The molecular formula is C19H21N3O3. The highest BCUT2D eigenvalue weighted by atomic mass is 16.4. The molecule has 3 rings (SSSR count). The number of rotatable bonds is 5. The first-order valence-corrected chi connectivity index (χ1v) is 8.36. The van der Waals surface area contributed by atoms with Crippen molar-refractivity contribution in [1.82, 2.24) is 4.98 Å². The molecule has 1 aromatic heterocycles. The summed E-state index contributed by atoms with van der Waals surface area (Å²) in [5.74, 6) is -0.0452. The van der Waals surface area contributed by atoms with Crippen LogP contribution in [0.15, 0.2) is 42.6 Å². The number of benzene rings is 1. The quantitative estimate of drug-likeness (QED) is 0.871. The summed E-state index contributed by atoms with van der Waals surface area (Å²) in [5.41, 5.74) is 7.19. The first kappa shape index (κ1) is 17.0. The lowest BCUT2D eigenvalue weighted by molar-refractivity contribution is 0.0696. The average molecular weight is 339 g/mol. The Morgan fingerprint density at radius 1 is 1.16 bits per heavy atom. The van der Waals surface area contributed by atoms with Gasteiger partial charge in [-0.15, -0.1) is 0 Å². The van der Waals surface area contributed by atoms with Gasteiger partial charge in [0.25, 0.3) is 0 Å². The van der Waals surface area contributed by atoms with Crippen LogP contribution in [0, 0.1) is 5.92 Å². The Hall–Kier alpha value is -2.89. The number of primary amides is 1. The molecule has 1 fully saturated rings. The normalized spacial score (nSPS) is 15.1. The van der Waals surface area contributed by atoms with Crippen molar-refractivity contribution in [3.63, 3.8) is 0 Å². The number of anilines is 1. The van der Waals surface area contributed by atoms with Gasteiger partial charge in [0.05, 0.1) is 5.56 Å². The molecule has 6 nitrogen and oxygen atoms in total. The fourth-order valence-electron chi connectivity index (χ4n) is 3.28. The molecule has 1 aliphatic rings. The molecule has 1 aliphatic heterocycles. The van der Waals surface area contributed by atoms with Crippen LogP contribution in [-0.2, 0) is 6.42 Å². The summed E-state index contributed by atoms with van der Waals surface area (Å²) >= 11 is 0. The molecule has 0 bridgehead atoms. The molecule has 0 spiro atoms. The maximum atomic E-state index is 11.3. The van der Waals surface area contributed by atoms with E-state index in [2.05, 4.69) is 9.88 Å². The highest BCUT2D eigenvalue weighted by molar-refractivity contribution is 5.93. The number of pyridine rings is 1. The van der Waals surface area contributed by atoms with Gasteiger partial charge in [0, 0.05) is 24.8 Å². The molecule has 1 saturated heterocycles. The fraction of sp³-hybridized carbons (Fsp3) is 0.316. The van der Waals surface area contributed by atoms with E-state index in [1.165, 1.54) is 0 Å². The third-order valence-corrected chi connectivity index (χ3v) is 4.67. The molecule has 0 saturated carbocycles. The predicted molar refractivity (Wildman–Crippen MR) is 94.8 cm³/mol. The van der Waals surface area contributed by atoms with E-state index in [-0.39, 0.29) is 0 Å². The van der Waals surface area contributed by atoms with E-state index in [0.29, 0.717) is 17.0 Å². The van der Waals surface area contributed by atoms with Gasteiger partial charge < -0.3 is 15.7 Å². The molecule has 0 aliphatic carbocycles. The van der Waals surface area contributed by atoms with E-state index in [9.17, 15) is 9.59 Å². The smallest absolute Gasteiger partial charge is 0.335 e. The lowest BCUT2D eigenvalue weighted by Gasteiger charge is -2.33. The van der Waals surface area contributed by atoms with Crippen molar-refractivity contribution < 1.29 is 14.7 Å². The van der Waals surface area contributed by atoms with Crippen LogP contribution in [0.3, 0.4) is 0 Å². The van der Waals surface area contributed by atoms with Crippen LogP contribution >= 0.6 is 0 Å². The van der Waals surface area contributed by atoms with Crippen LogP contribution < -0.4 is 10.6 Å². The Morgan fingerprint density at radius 2 is 1.92 bits per heavy atom. The average Bonchev–Trinajstić information content (AvgIpc) is 2.62. The summed E-state index contributed by atoms with van der Waals surface area (Å²) in [6.07, 6.45) is 4.49. The van der Waals surface area contributed by atoms with Crippen molar-refractivity contribution in [3.05, 3.63) is 59.3 Å². The molecule has 130 valence electrons. The minimum absolute atomic E-state index is 0.336. The summed E-state index contributed by atoms with van der Waals surface area (Å²) in [6.45, 7) is 1.72. The largest absolute Gasteiger partial charge is 0.478 e. The number of carboxylic acids is 1. The summed E-state index contributed by atoms with van der Waals surface area (Å²) in [4.78, 5) is 28.9. The number of nitrogens with zero attached hydrogens (tertiary/aromatic N) is 2. The SMILES string of the molecule is NC(=O)c1ccnc(N2CCC(Cc3cccc(C(=O)O)c3)CC2)c1. The van der Waals surface area contributed by atoms with Gasteiger partial charge >= 0.3 is 5.97 Å². The number of amides is 1. The fourth-order valence-corrected chi connectivity index (χ4v) is 3.28. The van der Waals surface area contributed by atoms with Crippen molar-refractivity contribution >= 4 is 17.7 Å². The second kappa shape index (κ2) is 7.34. The maximum Gasteiger partial charge on any atom is 0.335 e. The van der Waals surface area contributed by atoms with E-state index >= 15 is 0 Å². The van der Waals surface area contributed by atoms with Crippen molar-refractivity contribution in [3.8, 4) is 0 Å². The molecule has 3 N–H and O–H groups in total. The van der Waals surface area contributed by atoms with Gasteiger partial charge in [-0.1, -0.05) is 12.1 Å². The van der Waals surface area contributed by atoms with Crippen LogP contribution in [0.1, 0.15) is 39.1 Å². The number of aromatic carboxylic acids is 1. The lowest BCUT2D eigenvalue weighted by Crippen LogP contribution is -2.35. The first-order valence-electron chi connectivity index (χ1n) is 8.36. The van der Waals surface area contributed by atoms with E-state index in [0.717, 1.165) is 43.7 Å². The number of hydrogen-bond acceptors (Lipinski definition) is 4. The summed E-state index contributed by atoms with van der Waals surface area (Å²) in [6, 6.07) is 10.5. The second-order valence-electron chi connectivity index (χ2n) is 6.41. The third-order valence-electron chi connectivity index (χ3n) is 4.67. The Bertz CT molecular complexity index is 783. The highest BCUT2D eigenvalue weighted by Gasteiger charge is 2.21. The molecule has 2 heterocycles. The zero-order valence-corrected chi connectivity index (χ0v) is 13.9. The molecule has 1 amide bonds. The zero-order chi connectivity index (χ0) is 17.8. The first-order chi connectivity index (χ1) is 12.0. The van der Waals surface area contributed by atoms with Gasteiger partial charge in [-0.25, -0.2) is 9.78 Å². The molecule has 0 unspecified atom stereocenters. The molecule has 25 heavy (non-hydrogen) atoms. The van der Waals surface area contributed by atoms with E-state index in [1.807, 2.05) is 6.07 Å². The molecule has 1 aromatic carbocycles. The predicted octanol–water partition coefficient (Wildman–Crippen LogP) is 2.34. The van der Waals surface area contributed by atoms with E-state index < -0.39 is 11.9 Å². The Morgan fingerprint density at radius 3 is 2.60 bits per heavy atom. The molecular weight excluding hydrogens is 318 g/mol. The summed E-state index contributed by atoms with van der Waals surface area (Å²) < 4.78 is 0. The van der Waals surface area contributed by atoms with Crippen molar-refractivity contribution in [2.24, 2.45) is 11.7 Å². The minimum atomic E-state index is -0.892. The summed E-state index contributed by atoms with van der Waals surface area (Å²) in [7, 11) is 0. The number of carbonyl (C=O) groups is 2. The maximum absolute atomic E-state index is 11.3. The van der Waals surface area contributed by atoms with Crippen molar-refractivity contribution in [2.45, 2.75) is 19.3 Å². The monoisotopic (exact) mass is 339 g/mol. The van der Waals surface area contributed by atoms with Gasteiger partial charge in [-0.2, -0.15) is 0 Å². The van der Waals surface area contributed by atoms with Gasteiger partial charge in [-0.3, -0.25) is 4.79 Å². The Kier molecular flexibility index (Phi) is 4.97. The van der Waals surface area contributed by atoms with Crippen LogP contribution in [0.25, 0.3) is 0 Å². The van der Waals surface area contributed by atoms with Crippen LogP contribution in [0.2, 0.25) is 0 Å². The standard InChI is InChI=1S/C19H21N3O3/c20-18(23)15-4-7-21-17(12-15)22-8-5-13(6-9-22)10-14-2-1-3-16(11-14)19(24)25/h1-4,7,11-13H,5-6,8-10H2,(H2,20,23)(H,24,25). The zero-order valence-electron chi connectivity index (χ0n) is 13.9. The van der Waals surface area contributed by atoms with Crippen molar-refractivity contribution in [2.75, 3.05) is 18.0 Å². The number of hydrogen-bond donors (Lipinski definition) is 2. The van der Waals surface area contributed by atoms with Gasteiger partial charge in [-0.05, 0) is 55.0 Å². The number of carboxylic acid groups (broad SMARTS) is 1. The van der Waals surface area contributed by atoms with Crippen molar-refractivity contribution in [1.29, 1.82) is 0 Å².